The van der Waals surface area contributed by atoms with E-state index in [0.717, 1.165) is 17.8 Å². The number of nitrogens with one attached hydrogen (secondary N) is 1. The molecule has 0 aliphatic rings. The maximum atomic E-state index is 9.58. The Kier molecular flexibility index (Phi) is 7.66. The van der Waals surface area contributed by atoms with Gasteiger partial charge in [-0.15, -0.1) is 0 Å². The number of hydrogen-bond acceptors (Lipinski definition) is 4. The Morgan fingerprint density at radius 2 is 1.69 bits per heavy atom. The average Bonchev–Trinajstić information content (AvgIpc) is 2.76. The molecule has 4 nitrogen and oxygen atoms in total. The number of aliphatic hydroxyl groups is 1. The van der Waals surface area contributed by atoms with E-state index in [4.69, 9.17) is 16.9 Å². The van der Waals surface area contributed by atoms with Crippen LogP contribution >= 0.6 is 11.6 Å². The van der Waals surface area contributed by atoms with Crippen molar-refractivity contribution in [2.45, 2.75) is 12.6 Å². The third-order valence-corrected chi connectivity index (χ3v) is 5.05. The second-order valence-corrected chi connectivity index (χ2v) is 7.27. The molecule has 0 saturated carbocycles. The molecular weight excluding hydrogens is 382 g/mol. The summed E-state index contributed by atoms with van der Waals surface area (Å²) in [6, 6.07) is 27.7. The van der Waals surface area contributed by atoms with Crippen molar-refractivity contribution in [3.8, 4) is 6.07 Å². The molecule has 0 aliphatic carbocycles. The molecule has 0 aliphatic heterocycles. The summed E-state index contributed by atoms with van der Waals surface area (Å²) in [5.74, 6) is 0. The Hall–Kier alpha value is -2.84. The fraction of sp³-hybridized carbons (Fsp3) is 0.208. The zero-order valence-electron chi connectivity index (χ0n) is 16.1. The molecule has 1 atom stereocenters. The minimum absolute atomic E-state index is 0.0307. The molecule has 0 bridgehead atoms. The summed E-state index contributed by atoms with van der Waals surface area (Å²) in [6.07, 6.45) is 0. The van der Waals surface area contributed by atoms with E-state index >= 15 is 0 Å². The van der Waals surface area contributed by atoms with E-state index in [1.54, 1.807) is 12.1 Å². The molecule has 2 N–H and O–H groups in total. The van der Waals surface area contributed by atoms with E-state index in [9.17, 15) is 5.11 Å². The van der Waals surface area contributed by atoms with Gasteiger partial charge in [0.2, 0.25) is 0 Å². The Morgan fingerprint density at radius 1 is 1.00 bits per heavy atom. The molecule has 0 spiro atoms. The molecule has 3 rings (SSSR count). The van der Waals surface area contributed by atoms with Gasteiger partial charge >= 0.3 is 0 Å². The molecule has 0 radical (unpaired) electrons. The second-order valence-electron chi connectivity index (χ2n) is 6.86. The maximum Gasteiger partial charge on any atom is 0.0992 e. The topological polar surface area (TPSA) is 59.3 Å². The highest BCUT2D eigenvalue weighted by atomic mass is 35.5. The first-order chi connectivity index (χ1) is 14.2. The van der Waals surface area contributed by atoms with Crippen molar-refractivity contribution < 1.29 is 5.11 Å². The molecule has 0 heterocycles. The Morgan fingerprint density at radius 3 is 2.31 bits per heavy atom. The van der Waals surface area contributed by atoms with Crippen LogP contribution in [0.3, 0.4) is 0 Å². The molecule has 5 heteroatoms. The van der Waals surface area contributed by atoms with Crippen molar-refractivity contribution in [1.29, 1.82) is 5.26 Å². The van der Waals surface area contributed by atoms with Gasteiger partial charge in [-0.1, -0.05) is 72.3 Å². The lowest BCUT2D eigenvalue weighted by Crippen LogP contribution is -2.33. The first-order valence-electron chi connectivity index (χ1n) is 9.58. The van der Waals surface area contributed by atoms with E-state index < -0.39 is 0 Å². The minimum Gasteiger partial charge on any atom is -0.395 e. The summed E-state index contributed by atoms with van der Waals surface area (Å²) < 4.78 is 0. The van der Waals surface area contributed by atoms with Gasteiger partial charge < -0.3 is 10.4 Å². The van der Waals surface area contributed by atoms with Crippen molar-refractivity contribution in [3.63, 3.8) is 0 Å². The zero-order valence-corrected chi connectivity index (χ0v) is 16.9. The van der Waals surface area contributed by atoms with Crippen LogP contribution in [0.4, 0.5) is 5.69 Å². The summed E-state index contributed by atoms with van der Waals surface area (Å²) in [5.41, 5.74) is 3.64. The minimum atomic E-state index is -0.0307. The standard InChI is InChI=1S/C24H24ClN3O/c25-22-15-20(16-26)11-12-23(22)27-24(21-9-5-2-6-10-21)18-28(13-14-29)17-19-7-3-1-4-8-19/h1-12,15,24,27,29H,13-14,17-18H2/t24-/m0/s1. The first-order valence-corrected chi connectivity index (χ1v) is 9.95. The maximum absolute atomic E-state index is 9.58. The number of nitriles is 1. The van der Waals surface area contributed by atoms with Crippen molar-refractivity contribution >= 4 is 17.3 Å². The molecule has 0 unspecified atom stereocenters. The van der Waals surface area contributed by atoms with Gasteiger partial charge in [0.25, 0.3) is 0 Å². The molecule has 0 saturated heterocycles. The molecule has 148 valence electrons. The SMILES string of the molecule is N#Cc1ccc(N[C@@H](CN(CCO)Cc2ccccc2)c2ccccc2)c(Cl)c1. The van der Waals surface area contributed by atoms with Crippen LogP contribution in [0.5, 0.6) is 0 Å². The van der Waals surface area contributed by atoms with Crippen LogP contribution in [0.1, 0.15) is 22.7 Å². The fourth-order valence-corrected chi connectivity index (χ4v) is 3.52. The van der Waals surface area contributed by atoms with Crippen LogP contribution in [0.25, 0.3) is 0 Å². The lowest BCUT2D eigenvalue weighted by atomic mass is 10.0. The van der Waals surface area contributed by atoms with Crippen molar-refractivity contribution in [2.24, 2.45) is 0 Å². The van der Waals surface area contributed by atoms with Crippen molar-refractivity contribution in [2.75, 3.05) is 25.0 Å². The van der Waals surface area contributed by atoms with Gasteiger partial charge in [0, 0.05) is 19.6 Å². The van der Waals surface area contributed by atoms with Gasteiger partial charge in [0.05, 0.1) is 35.0 Å². The van der Waals surface area contributed by atoms with Gasteiger partial charge in [0.1, 0.15) is 0 Å². The third-order valence-electron chi connectivity index (χ3n) is 4.74. The predicted molar refractivity (Wildman–Crippen MR) is 118 cm³/mol. The number of benzene rings is 3. The average molecular weight is 406 g/mol. The summed E-state index contributed by atoms with van der Waals surface area (Å²) in [6.45, 7) is 2.09. The van der Waals surface area contributed by atoms with Gasteiger partial charge in [0.15, 0.2) is 0 Å². The Labute approximate surface area is 177 Å². The van der Waals surface area contributed by atoms with E-state index in [1.165, 1.54) is 5.56 Å². The van der Waals surface area contributed by atoms with Gasteiger partial charge in [-0.25, -0.2) is 0 Å². The van der Waals surface area contributed by atoms with Gasteiger partial charge in [-0.05, 0) is 29.3 Å². The number of nitrogens with zero attached hydrogens (tertiary/aromatic N) is 2. The smallest absolute Gasteiger partial charge is 0.0992 e. The summed E-state index contributed by atoms with van der Waals surface area (Å²) in [5, 5.41) is 22.7. The van der Waals surface area contributed by atoms with Gasteiger partial charge in [-0.2, -0.15) is 5.26 Å². The number of rotatable bonds is 9. The monoisotopic (exact) mass is 405 g/mol. The number of halogens is 1. The number of hydrogen-bond donors (Lipinski definition) is 2. The highest BCUT2D eigenvalue weighted by Crippen LogP contribution is 2.28. The van der Waals surface area contributed by atoms with Crippen molar-refractivity contribution in [3.05, 3.63) is 101 Å². The molecule has 0 amide bonds. The highest BCUT2D eigenvalue weighted by Gasteiger charge is 2.18. The quantitative estimate of drug-likeness (QED) is 0.533. The second kappa shape index (κ2) is 10.6. The van der Waals surface area contributed by atoms with Crippen LogP contribution in [0.15, 0.2) is 78.9 Å². The van der Waals surface area contributed by atoms with E-state index in [1.807, 2.05) is 42.5 Å². The molecule has 29 heavy (non-hydrogen) atoms. The van der Waals surface area contributed by atoms with Crippen LogP contribution in [-0.2, 0) is 6.54 Å². The molecule has 0 aromatic heterocycles. The largest absolute Gasteiger partial charge is 0.395 e. The summed E-state index contributed by atoms with van der Waals surface area (Å²) in [4.78, 5) is 2.22. The third kappa shape index (κ3) is 6.07. The lowest BCUT2D eigenvalue weighted by molar-refractivity contribution is 0.185. The summed E-state index contributed by atoms with van der Waals surface area (Å²) in [7, 11) is 0. The fourth-order valence-electron chi connectivity index (χ4n) is 3.29. The molecular formula is C24H24ClN3O. The molecule has 3 aromatic carbocycles. The van der Waals surface area contributed by atoms with Crippen molar-refractivity contribution in [1.82, 2.24) is 4.90 Å². The lowest BCUT2D eigenvalue weighted by Gasteiger charge is -2.29. The first kappa shape index (κ1) is 20.9. The Balaban J connectivity index is 1.83. The number of anilines is 1. The van der Waals surface area contributed by atoms with E-state index in [0.29, 0.717) is 23.7 Å². The highest BCUT2D eigenvalue weighted by molar-refractivity contribution is 6.33. The normalized spacial score (nSPS) is 11.8. The van der Waals surface area contributed by atoms with Crippen LogP contribution in [0.2, 0.25) is 5.02 Å². The van der Waals surface area contributed by atoms with Crippen LogP contribution < -0.4 is 5.32 Å². The number of aliphatic hydroxyl groups excluding tert-OH is 1. The van der Waals surface area contributed by atoms with E-state index in [2.05, 4.69) is 40.6 Å². The van der Waals surface area contributed by atoms with Gasteiger partial charge in [-0.3, -0.25) is 4.90 Å². The van der Waals surface area contributed by atoms with Crippen LogP contribution in [-0.4, -0.2) is 29.7 Å². The molecule has 0 fully saturated rings. The Bertz CT molecular complexity index is 941. The summed E-state index contributed by atoms with van der Waals surface area (Å²) >= 11 is 6.40. The van der Waals surface area contributed by atoms with Crippen LogP contribution in [0, 0.1) is 11.3 Å². The molecule has 3 aromatic rings. The zero-order chi connectivity index (χ0) is 20.5. The van der Waals surface area contributed by atoms with E-state index in [-0.39, 0.29) is 12.6 Å². The predicted octanol–water partition coefficient (Wildman–Crippen LogP) is 4.86.